The van der Waals surface area contributed by atoms with Crippen LogP contribution in [0.3, 0.4) is 0 Å². The van der Waals surface area contributed by atoms with E-state index in [1.807, 2.05) is 12.1 Å². The molecule has 0 atom stereocenters. The molecule has 0 spiro atoms. The maximum atomic E-state index is 13.8. The lowest BCUT2D eigenvalue weighted by molar-refractivity contribution is -0.140. The number of rotatable bonds is 8. The van der Waals surface area contributed by atoms with Gasteiger partial charge in [-0.1, -0.05) is 23.9 Å². The van der Waals surface area contributed by atoms with E-state index in [-0.39, 0.29) is 30.7 Å². The number of hydrogen-bond acceptors (Lipinski definition) is 8. The molecular formula is C20H19F2N5O2S2. The van der Waals surface area contributed by atoms with Crippen molar-refractivity contribution in [3.8, 4) is 11.1 Å². The highest BCUT2D eigenvalue weighted by molar-refractivity contribution is 7.99. The Balaban J connectivity index is 1.66. The van der Waals surface area contributed by atoms with Crippen molar-refractivity contribution in [1.29, 1.82) is 0 Å². The number of pyridine rings is 1. The van der Waals surface area contributed by atoms with Gasteiger partial charge in [0.1, 0.15) is 0 Å². The summed E-state index contributed by atoms with van der Waals surface area (Å²) in [6, 6.07) is 7.07. The third-order valence-corrected chi connectivity index (χ3v) is 6.17. The topological polar surface area (TPSA) is 81.9 Å². The molecule has 0 saturated carbocycles. The second kappa shape index (κ2) is 9.65. The number of anilines is 2. The first-order chi connectivity index (χ1) is 15.1. The van der Waals surface area contributed by atoms with Gasteiger partial charge in [-0.25, -0.2) is 4.98 Å². The summed E-state index contributed by atoms with van der Waals surface area (Å²) in [6.07, 6.45) is 4.44. The monoisotopic (exact) mass is 463 g/mol. The SMILES string of the molecule is COC(=O)CCSc1nc(Nc2c(-c3ccnc(F)c3)ccc3c2CCC3)n(SF)n1. The fraction of sp³-hybridized carbons (Fsp3) is 0.300. The van der Waals surface area contributed by atoms with E-state index in [2.05, 4.69) is 25.1 Å². The van der Waals surface area contributed by atoms with Crippen molar-refractivity contribution >= 4 is 41.7 Å². The van der Waals surface area contributed by atoms with Gasteiger partial charge in [-0.2, -0.15) is 9.37 Å². The van der Waals surface area contributed by atoms with E-state index in [1.54, 1.807) is 6.07 Å². The number of carbonyl (C=O) groups is 1. The third kappa shape index (κ3) is 4.82. The average molecular weight is 464 g/mol. The Kier molecular flexibility index (Phi) is 6.71. The number of nitrogens with zero attached hydrogens (tertiary/aromatic N) is 4. The largest absolute Gasteiger partial charge is 0.469 e. The van der Waals surface area contributed by atoms with Crippen LogP contribution in [0.15, 0.2) is 35.6 Å². The number of carbonyl (C=O) groups excluding carboxylic acids is 1. The molecule has 1 aliphatic carbocycles. The van der Waals surface area contributed by atoms with E-state index < -0.39 is 5.95 Å². The van der Waals surface area contributed by atoms with Crippen molar-refractivity contribution in [1.82, 2.24) is 19.2 Å². The fourth-order valence-electron chi connectivity index (χ4n) is 3.53. The second-order valence-corrected chi connectivity index (χ2v) is 8.35. The Hall–Kier alpha value is -2.66. The number of hydrogen-bond donors (Lipinski definition) is 1. The quantitative estimate of drug-likeness (QED) is 0.291. The van der Waals surface area contributed by atoms with Gasteiger partial charge in [-0.15, -0.1) is 13.1 Å². The van der Waals surface area contributed by atoms with Crippen LogP contribution in [0, 0.1) is 5.95 Å². The molecule has 0 aliphatic heterocycles. The van der Waals surface area contributed by atoms with Crippen LogP contribution in [0.4, 0.5) is 19.9 Å². The first-order valence-corrected chi connectivity index (χ1v) is 11.2. The summed E-state index contributed by atoms with van der Waals surface area (Å²) in [6.45, 7) is 0. The van der Waals surface area contributed by atoms with E-state index in [0.29, 0.717) is 16.5 Å². The normalized spacial score (nSPS) is 12.6. The van der Waals surface area contributed by atoms with E-state index in [1.165, 1.54) is 36.7 Å². The van der Waals surface area contributed by atoms with Gasteiger partial charge in [0.25, 0.3) is 0 Å². The van der Waals surface area contributed by atoms with Gasteiger partial charge in [-0.3, -0.25) is 4.79 Å². The summed E-state index contributed by atoms with van der Waals surface area (Å²) in [5.41, 5.74) is 4.51. The summed E-state index contributed by atoms with van der Waals surface area (Å²) in [4.78, 5) is 19.3. The van der Waals surface area contributed by atoms with E-state index >= 15 is 0 Å². The third-order valence-electron chi connectivity index (χ3n) is 4.95. The molecule has 0 bridgehead atoms. The van der Waals surface area contributed by atoms with Crippen molar-refractivity contribution in [3.63, 3.8) is 0 Å². The van der Waals surface area contributed by atoms with Crippen LogP contribution in [0.2, 0.25) is 0 Å². The van der Waals surface area contributed by atoms with E-state index in [4.69, 9.17) is 0 Å². The van der Waals surface area contributed by atoms with Crippen molar-refractivity contribution in [2.75, 3.05) is 18.2 Å². The van der Waals surface area contributed by atoms with Gasteiger partial charge >= 0.3 is 5.97 Å². The molecule has 2 heterocycles. The number of fused-ring (bicyclic) bond motifs is 1. The van der Waals surface area contributed by atoms with Crippen LogP contribution in [0.25, 0.3) is 11.1 Å². The highest BCUT2D eigenvalue weighted by Gasteiger charge is 2.22. The number of methoxy groups -OCH3 is 1. The lowest BCUT2D eigenvalue weighted by Gasteiger charge is -2.16. The highest BCUT2D eigenvalue weighted by atomic mass is 32.2. The molecule has 4 rings (SSSR count). The number of halogens is 2. The number of nitrogens with one attached hydrogen (secondary N) is 1. The molecule has 0 saturated heterocycles. The van der Waals surface area contributed by atoms with Crippen LogP contribution in [-0.4, -0.2) is 38.0 Å². The zero-order chi connectivity index (χ0) is 21.8. The first-order valence-electron chi connectivity index (χ1n) is 9.58. The predicted molar refractivity (Wildman–Crippen MR) is 116 cm³/mol. The lowest BCUT2D eigenvalue weighted by Crippen LogP contribution is -2.03. The summed E-state index contributed by atoms with van der Waals surface area (Å²) in [5, 5.41) is 7.69. The smallest absolute Gasteiger partial charge is 0.306 e. The Labute approximate surface area is 186 Å². The van der Waals surface area contributed by atoms with Crippen LogP contribution >= 0.6 is 24.1 Å². The van der Waals surface area contributed by atoms with Crippen molar-refractivity contribution in [2.24, 2.45) is 0 Å². The molecule has 0 amide bonds. The van der Waals surface area contributed by atoms with Gasteiger partial charge in [-0.05, 0) is 42.0 Å². The van der Waals surface area contributed by atoms with Crippen LogP contribution < -0.4 is 5.32 Å². The standard InChI is InChI=1S/C20H19F2N5O2S2/c1-29-17(28)8-10-30-20-25-19(27(26-20)31-22)24-18-14-4-2-3-12(14)5-6-15(18)13-7-9-23-16(21)11-13/h5-7,9,11H,2-4,8,10H2,1H3,(H,24,25,26). The summed E-state index contributed by atoms with van der Waals surface area (Å²) >= 11 is 1.15. The molecule has 2 aromatic heterocycles. The minimum Gasteiger partial charge on any atom is -0.469 e. The molecule has 0 fully saturated rings. The van der Waals surface area contributed by atoms with E-state index in [0.717, 1.165) is 40.2 Å². The number of ether oxygens (including phenoxy) is 1. The van der Waals surface area contributed by atoms with Crippen molar-refractivity contribution in [3.05, 3.63) is 47.5 Å². The van der Waals surface area contributed by atoms with Gasteiger partial charge in [0, 0.05) is 23.6 Å². The zero-order valence-electron chi connectivity index (χ0n) is 16.6. The van der Waals surface area contributed by atoms with Gasteiger partial charge in [0.2, 0.25) is 17.1 Å². The predicted octanol–water partition coefficient (Wildman–Crippen LogP) is 4.75. The number of benzene rings is 1. The molecule has 11 heteroatoms. The first kappa shape index (κ1) is 21.6. The molecular weight excluding hydrogens is 444 g/mol. The molecule has 1 aliphatic rings. The van der Waals surface area contributed by atoms with E-state index in [9.17, 15) is 13.1 Å². The average Bonchev–Trinajstić information content (AvgIpc) is 3.40. The molecule has 162 valence electrons. The Morgan fingerprint density at radius 2 is 2.19 bits per heavy atom. The lowest BCUT2D eigenvalue weighted by atomic mass is 9.98. The number of aromatic nitrogens is 4. The molecule has 0 unspecified atom stereocenters. The molecule has 31 heavy (non-hydrogen) atoms. The summed E-state index contributed by atoms with van der Waals surface area (Å²) in [7, 11) is 1.33. The fourth-order valence-corrected chi connectivity index (χ4v) is 4.58. The molecule has 1 N–H and O–H groups in total. The number of esters is 1. The van der Waals surface area contributed by atoms with Crippen LogP contribution in [0.5, 0.6) is 0 Å². The minimum atomic E-state index is -0.573. The minimum absolute atomic E-state index is 0.0772. The van der Waals surface area contributed by atoms with Gasteiger partial charge < -0.3 is 10.1 Å². The Morgan fingerprint density at radius 3 is 2.97 bits per heavy atom. The summed E-state index contributed by atoms with van der Waals surface area (Å²) < 4.78 is 33.0. The number of aryl methyl sites for hydroxylation is 1. The van der Waals surface area contributed by atoms with Gasteiger partial charge in [0.05, 0.1) is 19.2 Å². The molecule has 0 radical (unpaired) electrons. The maximum Gasteiger partial charge on any atom is 0.306 e. The molecule has 3 aromatic rings. The van der Waals surface area contributed by atoms with Crippen LogP contribution in [0.1, 0.15) is 24.0 Å². The molecule has 1 aromatic carbocycles. The zero-order valence-corrected chi connectivity index (χ0v) is 18.2. The van der Waals surface area contributed by atoms with Crippen molar-refractivity contribution < 1.29 is 17.8 Å². The Bertz CT molecular complexity index is 1110. The summed E-state index contributed by atoms with van der Waals surface area (Å²) in [5.74, 6) is -0.283. The highest BCUT2D eigenvalue weighted by Crippen LogP contribution is 2.39. The van der Waals surface area contributed by atoms with Gasteiger partial charge in [0.15, 0.2) is 12.3 Å². The Morgan fingerprint density at radius 1 is 1.32 bits per heavy atom. The molecule has 7 nitrogen and oxygen atoms in total. The maximum absolute atomic E-state index is 13.8. The van der Waals surface area contributed by atoms with Crippen LogP contribution in [-0.2, 0) is 22.4 Å². The number of thioether (sulfide) groups is 1. The second-order valence-electron chi connectivity index (χ2n) is 6.81. The van der Waals surface area contributed by atoms with Crippen molar-refractivity contribution in [2.45, 2.75) is 30.8 Å².